The summed E-state index contributed by atoms with van der Waals surface area (Å²) >= 11 is 0. The van der Waals surface area contributed by atoms with Crippen LogP contribution in [0.2, 0.25) is 0 Å². The number of aliphatic hydroxyl groups excluding tert-OH is 1. The van der Waals surface area contributed by atoms with Crippen LogP contribution in [0.5, 0.6) is 0 Å². The van der Waals surface area contributed by atoms with Crippen molar-refractivity contribution in [3.05, 3.63) is 34.4 Å². The van der Waals surface area contributed by atoms with Gasteiger partial charge in [-0.25, -0.2) is 13.6 Å². The molecule has 0 unspecified atom stereocenters. The van der Waals surface area contributed by atoms with E-state index in [9.17, 15) is 13.6 Å². The van der Waals surface area contributed by atoms with Crippen LogP contribution in [0.1, 0.15) is 33.5 Å². The minimum absolute atomic E-state index is 0.109. The number of esters is 1. The van der Waals surface area contributed by atoms with Crippen molar-refractivity contribution in [2.24, 2.45) is 0 Å². The summed E-state index contributed by atoms with van der Waals surface area (Å²) in [6.07, 6.45) is -2.90. The normalized spacial score (nSPS) is 10.1. The van der Waals surface area contributed by atoms with Crippen molar-refractivity contribution >= 4 is 5.97 Å². The summed E-state index contributed by atoms with van der Waals surface area (Å²) in [6, 6.07) is 3.82. The monoisotopic (exact) mass is 241 g/mol. The highest BCUT2D eigenvalue weighted by atomic mass is 19.3. The van der Waals surface area contributed by atoms with E-state index in [0.29, 0.717) is 0 Å². The van der Waals surface area contributed by atoms with Crippen LogP contribution in [0, 0.1) is 11.3 Å². The van der Waals surface area contributed by atoms with E-state index in [0.717, 1.165) is 13.2 Å². The standard InChI is InChI=1S/C11H9F2NO3/c1-17-11(16)9-7(10(12)13)3-2-6(5-15)8(9)4-14/h2-3,10,15H,5H2,1H3. The van der Waals surface area contributed by atoms with Crippen LogP contribution in [0.3, 0.4) is 0 Å². The lowest BCUT2D eigenvalue weighted by atomic mass is 9.97. The van der Waals surface area contributed by atoms with Gasteiger partial charge >= 0.3 is 5.97 Å². The van der Waals surface area contributed by atoms with Crippen LogP contribution < -0.4 is 0 Å². The van der Waals surface area contributed by atoms with Gasteiger partial charge in [0.05, 0.1) is 24.8 Å². The van der Waals surface area contributed by atoms with Crippen LogP contribution in [-0.4, -0.2) is 18.2 Å². The molecule has 90 valence electrons. The Labute approximate surface area is 96.0 Å². The molecule has 0 atom stereocenters. The number of aliphatic hydroxyl groups is 1. The number of nitriles is 1. The van der Waals surface area contributed by atoms with Gasteiger partial charge in [0.1, 0.15) is 6.07 Å². The largest absolute Gasteiger partial charge is 0.465 e. The molecule has 0 bridgehead atoms. The van der Waals surface area contributed by atoms with E-state index in [1.807, 2.05) is 0 Å². The van der Waals surface area contributed by atoms with Gasteiger partial charge in [-0.3, -0.25) is 0 Å². The minimum atomic E-state index is -2.90. The first kappa shape index (κ1) is 13.1. The van der Waals surface area contributed by atoms with Gasteiger partial charge < -0.3 is 9.84 Å². The number of hydrogen-bond acceptors (Lipinski definition) is 4. The van der Waals surface area contributed by atoms with E-state index in [1.54, 1.807) is 6.07 Å². The Hall–Kier alpha value is -2.00. The van der Waals surface area contributed by atoms with Crippen LogP contribution in [0.4, 0.5) is 8.78 Å². The molecule has 17 heavy (non-hydrogen) atoms. The Morgan fingerprint density at radius 2 is 2.24 bits per heavy atom. The molecular formula is C11H9F2NO3. The van der Waals surface area contributed by atoms with Gasteiger partial charge in [0, 0.05) is 5.56 Å². The molecule has 4 nitrogen and oxygen atoms in total. The van der Waals surface area contributed by atoms with Crippen molar-refractivity contribution < 1.29 is 23.4 Å². The smallest absolute Gasteiger partial charge is 0.339 e. The zero-order valence-electron chi connectivity index (χ0n) is 8.91. The molecule has 0 aromatic heterocycles. The highest BCUT2D eigenvalue weighted by Crippen LogP contribution is 2.28. The number of methoxy groups -OCH3 is 1. The summed E-state index contributed by atoms with van der Waals surface area (Å²) in [6.45, 7) is -0.517. The lowest BCUT2D eigenvalue weighted by Gasteiger charge is -2.11. The number of rotatable bonds is 3. The number of alkyl halides is 2. The number of carbonyl (C=O) groups is 1. The number of carbonyl (C=O) groups excluding carboxylic acids is 1. The molecule has 0 amide bonds. The van der Waals surface area contributed by atoms with E-state index < -0.39 is 30.1 Å². The Morgan fingerprint density at radius 3 is 2.65 bits per heavy atom. The molecule has 0 fully saturated rings. The Balaban J connectivity index is 3.57. The van der Waals surface area contributed by atoms with Gasteiger partial charge in [-0.2, -0.15) is 5.26 Å². The quantitative estimate of drug-likeness (QED) is 0.819. The summed E-state index contributed by atoms with van der Waals surface area (Å²) in [5.41, 5.74) is -1.24. The second-order valence-corrected chi connectivity index (χ2v) is 3.13. The lowest BCUT2D eigenvalue weighted by molar-refractivity contribution is 0.0588. The van der Waals surface area contributed by atoms with E-state index in [4.69, 9.17) is 10.4 Å². The van der Waals surface area contributed by atoms with Gasteiger partial charge in [0.25, 0.3) is 6.43 Å². The van der Waals surface area contributed by atoms with Crippen molar-refractivity contribution in [3.8, 4) is 6.07 Å². The van der Waals surface area contributed by atoms with E-state index in [2.05, 4.69) is 4.74 Å². The third-order valence-electron chi connectivity index (χ3n) is 2.23. The Kier molecular flexibility index (Phi) is 4.12. The average molecular weight is 241 g/mol. The molecule has 0 aliphatic carbocycles. The molecule has 1 rings (SSSR count). The second-order valence-electron chi connectivity index (χ2n) is 3.13. The van der Waals surface area contributed by atoms with Crippen molar-refractivity contribution in [2.45, 2.75) is 13.0 Å². The van der Waals surface area contributed by atoms with Gasteiger partial charge in [-0.15, -0.1) is 0 Å². The summed E-state index contributed by atoms with van der Waals surface area (Å²) in [4.78, 5) is 11.4. The SMILES string of the molecule is COC(=O)c1c(C(F)F)ccc(CO)c1C#N. The van der Waals surface area contributed by atoms with Gasteiger partial charge in [-0.05, 0) is 5.56 Å². The first-order valence-corrected chi connectivity index (χ1v) is 4.60. The van der Waals surface area contributed by atoms with Gasteiger partial charge in [-0.1, -0.05) is 12.1 Å². The minimum Gasteiger partial charge on any atom is -0.465 e. The predicted molar refractivity (Wildman–Crippen MR) is 53.4 cm³/mol. The molecule has 0 saturated heterocycles. The lowest BCUT2D eigenvalue weighted by Crippen LogP contribution is -2.11. The van der Waals surface area contributed by atoms with Crippen LogP contribution in [0.15, 0.2) is 12.1 Å². The molecule has 0 aliphatic heterocycles. The fourth-order valence-corrected chi connectivity index (χ4v) is 1.43. The number of nitrogens with zero attached hydrogens (tertiary/aromatic N) is 1. The van der Waals surface area contributed by atoms with Crippen molar-refractivity contribution in [1.82, 2.24) is 0 Å². The topological polar surface area (TPSA) is 70.3 Å². The summed E-state index contributed by atoms with van der Waals surface area (Å²) in [5.74, 6) is -1.02. The van der Waals surface area contributed by atoms with E-state index in [-0.39, 0.29) is 11.1 Å². The second kappa shape index (κ2) is 5.37. The molecule has 0 aliphatic rings. The van der Waals surface area contributed by atoms with Crippen LogP contribution in [-0.2, 0) is 11.3 Å². The number of hydrogen-bond donors (Lipinski definition) is 1. The molecule has 1 aromatic rings. The highest BCUT2D eigenvalue weighted by Gasteiger charge is 2.24. The highest BCUT2D eigenvalue weighted by molar-refractivity contribution is 5.94. The third kappa shape index (κ3) is 2.40. The van der Waals surface area contributed by atoms with Crippen molar-refractivity contribution in [2.75, 3.05) is 7.11 Å². The summed E-state index contributed by atoms with van der Waals surface area (Å²) < 4.78 is 29.8. The molecule has 0 radical (unpaired) electrons. The maximum absolute atomic E-state index is 12.7. The molecule has 6 heteroatoms. The fourth-order valence-electron chi connectivity index (χ4n) is 1.43. The maximum Gasteiger partial charge on any atom is 0.339 e. The maximum atomic E-state index is 12.7. The zero-order valence-corrected chi connectivity index (χ0v) is 8.91. The van der Waals surface area contributed by atoms with Gasteiger partial charge in [0.2, 0.25) is 0 Å². The zero-order chi connectivity index (χ0) is 13.0. The first-order chi connectivity index (χ1) is 8.06. The average Bonchev–Trinajstić information content (AvgIpc) is 2.35. The molecular weight excluding hydrogens is 232 g/mol. The van der Waals surface area contributed by atoms with Crippen LogP contribution in [0.25, 0.3) is 0 Å². The number of benzene rings is 1. The number of halogens is 2. The molecule has 0 spiro atoms. The van der Waals surface area contributed by atoms with Crippen molar-refractivity contribution in [3.63, 3.8) is 0 Å². The molecule has 0 saturated carbocycles. The van der Waals surface area contributed by atoms with E-state index in [1.165, 1.54) is 6.07 Å². The first-order valence-electron chi connectivity index (χ1n) is 4.60. The molecule has 1 aromatic carbocycles. The fraction of sp³-hybridized carbons (Fsp3) is 0.273. The van der Waals surface area contributed by atoms with Crippen molar-refractivity contribution in [1.29, 1.82) is 5.26 Å². The Morgan fingerprint density at radius 1 is 1.59 bits per heavy atom. The summed E-state index contributed by atoms with van der Waals surface area (Å²) in [7, 11) is 1.03. The predicted octanol–water partition coefficient (Wildman–Crippen LogP) is 1.77. The van der Waals surface area contributed by atoms with E-state index >= 15 is 0 Å². The summed E-state index contributed by atoms with van der Waals surface area (Å²) in [5, 5.41) is 17.8. The Bertz CT molecular complexity index is 480. The third-order valence-corrected chi connectivity index (χ3v) is 2.23. The molecule has 1 N–H and O–H groups in total. The van der Waals surface area contributed by atoms with Gasteiger partial charge in [0.15, 0.2) is 0 Å². The van der Waals surface area contributed by atoms with Crippen LogP contribution >= 0.6 is 0 Å². The molecule has 0 heterocycles. The number of ether oxygens (including phenoxy) is 1.